The van der Waals surface area contributed by atoms with Crippen molar-refractivity contribution in [3.63, 3.8) is 0 Å². The van der Waals surface area contributed by atoms with Crippen LogP contribution < -0.4 is 16.0 Å². The molecule has 0 bridgehead atoms. The Balaban J connectivity index is 3.06. The van der Waals surface area contributed by atoms with E-state index in [1.165, 1.54) is 18.2 Å². The molecule has 0 aliphatic rings. The highest BCUT2D eigenvalue weighted by Gasteiger charge is 2.28. The van der Waals surface area contributed by atoms with E-state index in [0.29, 0.717) is 6.54 Å². The van der Waals surface area contributed by atoms with Gasteiger partial charge in [0, 0.05) is 13.1 Å². The number of para-hydroxylation sites is 1. The molecule has 0 unspecified atom stereocenters. The second-order valence-electron chi connectivity index (χ2n) is 4.35. The number of nitrogens with two attached hydrogens (primary N) is 1. The van der Waals surface area contributed by atoms with Gasteiger partial charge < -0.3 is 10.3 Å². The van der Waals surface area contributed by atoms with Crippen LogP contribution in [0.3, 0.4) is 0 Å². The first-order valence-corrected chi connectivity index (χ1v) is 7.74. The lowest BCUT2D eigenvalue weighted by molar-refractivity contribution is -0.386. The van der Waals surface area contributed by atoms with Crippen molar-refractivity contribution in [1.29, 1.82) is 0 Å². The van der Waals surface area contributed by atoms with Crippen molar-refractivity contribution in [3.05, 3.63) is 28.3 Å². The molecule has 0 fully saturated rings. The number of hydrazine groups is 1. The average molecular weight is 317 g/mol. The molecule has 10 heteroatoms. The summed E-state index contributed by atoms with van der Waals surface area (Å²) < 4.78 is 26.7. The predicted molar refractivity (Wildman–Crippen MR) is 79.3 cm³/mol. The number of nitrogen functional groups attached to an aromatic ring is 1. The summed E-state index contributed by atoms with van der Waals surface area (Å²) in [6, 6.07) is 3.89. The van der Waals surface area contributed by atoms with E-state index in [-0.39, 0.29) is 12.2 Å². The van der Waals surface area contributed by atoms with E-state index in [0.717, 1.165) is 6.54 Å². The van der Waals surface area contributed by atoms with Gasteiger partial charge in [0.05, 0.1) is 4.92 Å². The number of hydrogen-bond acceptors (Lipinski definition) is 7. The molecule has 1 rings (SSSR count). The van der Waals surface area contributed by atoms with E-state index < -0.39 is 25.5 Å². The van der Waals surface area contributed by atoms with Gasteiger partial charge >= 0.3 is 5.69 Å². The summed E-state index contributed by atoms with van der Waals surface area (Å²) in [6.45, 7) is 3.37. The van der Waals surface area contributed by atoms with Crippen LogP contribution >= 0.6 is 0 Å². The van der Waals surface area contributed by atoms with Crippen LogP contribution in [0.4, 0.5) is 11.4 Å². The maximum absolute atomic E-state index is 12.2. The Morgan fingerprint density at radius 1 is 1.43 bits per heavy atom. The lowest BCUT2D eigenvalue weighted by atomic mass is 10.3. The van der Waals surface area contributed by atoms with Crippen LogP contribution in [0.1, 0.15) is 6.92 Å². The van der Waals surface area contributed by atoms with E-state index in [1.807, 2.05) is 18.9 Å². The number of hydrogen-bond donors (Lipinski definition) is 3. The first-order chi connectivity index (χ1) is 9.83. The molecule has 4 N–H and O–H groups in total. The summed E-state index contributed by atoms with van der Waals surface area (Å²) in [5.41, 5.74) is 1.50. The Labute approximate surface area is 123 Å². The molecule has 0 aliphatic heterocycles. The van der Waals surface area contributed by atoms with Gasteiger partial charge in [0.2, 0.25) is 10.0 Å². The Hall–Kier alpha value is -1.75. The van der Waals surface area contributed by atoms with Crippen molar-refractivity contribution in [2.45, 2.75) is 11.8 Å². The lowest BCUT2D eigenvalue weighted by Crippen LogP contribution is -2.33. The monoisotopic (exact) mass is 317 g/mol. The van der Waals surface area contributed by atoms with Gasteiger partial charge in [-0.25, -0.2) is 13.1 Å². The highest BCUT2D eigenvalue weighted by atomic mass is 32.2. The van der Waals surface area contributed by atoms with Gasteiger partial charge in [-0.05, 0) is 25.7 Å². The van der Waals surface area contributed by atoms with E-state index in [9.17, 15) is 18.5 Å². The van der Waals surface area contributed by atoms with Crippen molar-refractivity contribution < 1.29 is 13.3 Å². The van der Waals surface area contributed by atoms with E-state index in [4.69, 9.17) is 5.84 Å². The fraction of sp³-hybridized carbons (Fsp3) is 0.455. The van der Waals surface area contributed by atoms with Gasteiger partial charge in [-0.3, -0.25) is 16.0 Å². The summed E-state index contributed by atoms with van der Waals surface area (Å²) in [7, 11) is -2.14. The van der Waals surface area contributed by atoms with Crippen LogP contribution in [-0.2, 0) is 10.0 Å². The fourth-order valence-corrected chi connectivity index (χ4v) is 2.86. The lowest BCUT2D eigenvalue weighted by Gasteiger charge is -2.14. The van der Waals surface area contributed by atoms with Crippen LogP contribution in [0.2, 0.25) is 0 Å². The molecule has 0 aromatic heterocycles. The van der Waals surface area contributed by atoms with E-state index in [2.05, 4.69) is 10.1 Å². The third-order valence-electron chi connectivity index (χ3n) is 2.95. The molecular weight excluding hydrogens is 298 g/mol. The Kier molecular flexibility index (Phi) is 6.03. The summed E-state index contributed by atoms with van der Waals surface area (Å²) in [5.74, 6) is 5.18. The third-order valence-corrected chi connectivity index (χ3v) is 4.44. The largest absolute Gasteiger partial charge is 0.318 e. The highest BCUT2D eigenvalue weighted by molar-refractivity contribution is 7.89. The molecule has 0 aliphatic carbocycles. The zero-order valence-electron chi connectivity index (χ0n) is 11.9. The minimum absolute atomic E-state index is 0.0615. The van der Waals surface area contributed by atoms with Gasteiger partial charge in [0.25, 0.3) is 0 Å². The summed E-state index contributed by atoms with van der Waals surface area (Å²) >= 11 is 0. The van der Waals surface area contributed by atoms with Gasteiger partial charge in [-0.2, -0.15) is 0 Å². The van der Waals surface area contributed by atoms with Gasteiger partial charge in [0.15, 0.2) is 4.90 Å². The van der Waals surface area contributed by atoms with Crippen molar-refractivity contribution in [2.24, 2.45) is 5.84 Å². The van der Waals surface area contributed by atoms with Crippen molar-refractivity contribution in [3.8, 4) is 0 Å². The number of likely N-dealkylation sites (N-methyl/N-ethyl adjacent to an activating group) is 1. The topological polar surface area (TPSA) is 131 Å². The number of nitrogens with zero attached hydrogens (tertiary/aromatic N) is 2. The summed E-state index contributed by atoms with van der Waals surface area (Å²) in [6.07, 6.45) is 0. The second kappa shape index (κ2) is 7.31. The number of sulfonamides is 1. The molecule has 0 heterocycles. The normalized spacial score (nSPS) is 11.6. The molecule has 0 amide bonds. The highest BCUT2D eigenvalue weighted by Crippen LogP contribution is 2.31. The van der Waals surface area contributed by atoms with Crippen LogP contribution in [0.25, 0.3) is 0 Å². The first kappa shape index (κ1) is 17.3. The van der Waals surface area contributed by atoms with Crippen molar-refractivity contribution in [1.82, 2.24) is 9.62 Å². The SMILES string of the molecule is CCN(C)CCNS(=O)(=O)c1cccc(NN)c1[N+](=O)[O-]. The van der Waals surface area contributed by atoms with Crippen LogP contribution in [-0.4, -0.2) is 44.9 Å². The van der Waals surface area contributed by atoms with Gasteiger partial charge in [-0.1, -0.05) is 13.0 Å². The zero-order chi connectivity index (χ0) is 16.0. The maximum Gasteiger partial charge on any atom is 0.313 e. The summed E-state index contributed by atoms with van der Waals surface area (Å²) in [5, 5.41) is 11.1. The Bertz CT molecular complexity index is 605. The molecule has 0 saturated heterocycles. The number of rotatable bonds is 8. The molecule has 118 valence electrons. The zero-order valence-corrected chi connectivity index (χ0v) is 12.7. The number of nitro benzene ring substituents is 1. The predicted octanol–water partition coefficient (Wildman–Crippen LogP) is 0.110. The van der Waals surface area contributed by atoms with E-state index >= 15 is 0 Å². The summed E-state index contributed by atoms with van der Waals surface area (Å²) in [4.78, 5) is 11.8. The van der Waals surface area contributed by atoms with E-state index in [1.54, 1.807) is 0 Å². The first-order valence-electron chi connectivity index (χ1n) is 6.25. The number of anilines is 1. The van der Waals surface area contributed by atoms with Crippen LogP contribution in [0, 0.1) is 10.1 Å². The molecule has 0 spiro atoms. The third kappa shape index (κ3) is 4.36. The molecule has 0 radical (unpaired) electrons. The number of nitro groups is 1. The average Bonchev–Trinajstić information content (AvgIpc) is 2.45. The molecular formula is C11H19N5O4S. The van der Waals surface area contributed by atoms with Crippen LogP contribution in [0.5, 0.6) is 0 Å². The van der Waals surface area contributed by atoms with Crippen molar-refractivity contribution in [2.75, 3.05) is 32.1 Å². The minimum Gasteiger partial charge on any atom is -0.318 e. The van der Waals surface area contributed by atoms with Crippen LogP contribution in [0.15, 0.2) is 23.1 Å². The molecule has 0 saturated carbocycles. The maximum atomic E-state index is 12.2. The number of nitrogens with one attached hydrogen (secondary N) is 2. The molecule has 1 aromatic rings. The number of benzene rings is 1. The Morgan fingerprint density at radius 2 is 2.10 bits per heavy atom. The van der Waals surface area contributed by atoms with Gasteiger partial charge in [-0.15, -0.1) is 0 Å². The Morgan fingerprint density at radius 3 is 2.62 bits per heavy atom. The standard InChI is InChI=1S/C11H19N5O4S/c1-3-15(2)8-7-13-21(19,20)10-6-4-5-9(14-12)11(10)16(17)18/h4-6,13-14H,3,7-8,12H2,1-2H3. The minimum atomic E-state index is -3.99. The fourth-order valence-electron chi connectivity index (χ4n) is 1.65. The molecule has 21 heavy (non-hydrogen) atoms. The second-order valence-corrected chi connectivity index (χ2v) is 6.08. The molecule has 9 nitrogen and oxygen atoms in total. The van der Waals surface area contributed by atoms with Crippen molar-refractivity contribution >= 4 is 21.4 Å². The smallest absolute Gasteiger partial charge is 0.313 e. The molecule has 1 aromatic carbocycles. The van der Waals surface area contributed by atoms with Gasteiger partial charge in [0.1, 0.15) is 5.69 Å². The quantitative estimate of drug-likeness (QED) is 0.352. The molecule has 0 atom stereocenters.